The zero-order chi connectivity index (χ0) is 23.0. The van der Waals surface area contributed by atoms with E-state index >= 15 is 0 Å². The Morgan fingerprint density at radius 3 is 2.75 bits per heavy atom. The molecule has 1 aromatic carbocycles. The number of morpholine rings is 1. The number of benzene rings is 1. The van der Waals surface area contributed by atoms with Crippen LogP contribution in [0.3, 0.4) is 0 Å². The fourth-order valence-electron chi connectivity index (χ4n) is 3.80. The summed E-state index contributed by atoms with van der Waals surface area (Å²) in [7, 11) is 0. The molecular formula is C22H24F3N5O2. The van der Waals surface area contributed by atoms with Gasteiger partial charge in [-0.2, -0.15) is 18.3 Å². The number of hydrogen-bond acceptors (Lipinski definition) is 5. The molecule has 1 amide bonds. The van der Waals surface area contributed by atoms with Crippen molar-refractivity contribution in [3.63, 3.8) is 0 Å². The van der Waals surface area contributed by atoms with Gasteiger partial charge in [-0.1, -0.05) is 12.1 Å². The molecule has 3 heterocycles. The number of primary amides is 1. The van der Waals surface area contributed by atoms with Crippen molar-refractivity contribution in [3.05, 3.63) is 47.9 Å². The van der Waals surface area contributed by atoms with Gasteiger partial charge in [0.1, 0.15) is 5.69 Å². The fraction of sp³-hybridized carbons (Fsp3) is 0.409. The Bertz CT molecular complexity index is 1140. The van der Waals surface area contributed by atoms with E-state index in [2.05, 4.69) is 10.1 Å². The summed E-state index contributed by atoms with van der Waals surface area (Å²) >= 11 is 0. The molecule has 0 radical (unpaired) electrons. The molecule has 0 aliphatic carbocycles. The molecule has 1 unspecified atom stereocenters. The first-order chi connectivity index (χ1) is 15.1. The summed E-state index contributed by atoms with van der Waals surface area (Å²) in [5.74, 6) is -0.656. The van der Waals surface area contributed by atoms with Gasteiger partial charge >= 0.3 is 6.18 Å². The normalized spacial score (nSPS) is 17.9. The maximum atomic E-state index is 13.0. The van der Waals surface area contributed by atoms with Crippen LogP contribution in [0.4, 0.5) is 13.2 Å². The Morgan fingerprint density at radius 1 is 1.31 bits per heavy atom. The number of amides is 1. The highest BCUT2D eigenvalue weighted by Gasteiger charge is 2.43. The van der Waals surface area contributed by atoms with Gasteiger partial charge in [-0.3, -0.25) is 14.4 Å². The quantitative estimate of drug-likeness (QED) is 0.647. The lowest BCUT2D eigenvalue weighted by Gasteiger charge is -2.33. The van der Waals surface area contributed by atoms with Crippen molar-refractivity contribution in [1.29, 1.82) is 0 Å². The van der Waals surface area contributed by atoms with E-state index in [9.17, 15) is 18.0 Å². The number of pyridine rings is 1. The van der Waals surface area contributed by atoms with Gasteiger partial charge in [0.2, 0.25) is 0 Å². The van der Waals surface area contributed by atoms with Gasteiger partial charge < -0.3 is 10.5 Å². The zero-order valence-electron chi connectivity index (χ0n) is 17.8. The van der Waals surface area contributed by atoms with Gasteiger partial charge in [0.05, 0.1) is 18.3 Å². The average Bonchev–Trinajstić information content (AvgIpc) is 3.23. The summed E-state index contributed by atoms with van der Waals surface area (Å²) in [6.45, 7) is 4.53. The minimum Gasteiger partial charge on any atom is -0.366 e. The molecule has 2 aromatic heterocycles. The van der Waals surface area contributed by atoms with Crippen LogP contribution < -0.4 is 5.73 Å². The van der Waals surface area contributed by atoms with Gasteiger partial charge in [-0.15, -0.1) is 0 Å². The Balaban J connectivity index is 1.68. The number of hydrogen-bond donors (Lipinski definition) is 1. The fourth-order valence-corrected chi connectivity index (χ4v) is 3.80. The van der Waals surface area contributed by atoms with Crippen molar-refractivity contribution in [2.75, 3.05) is 19.7 Å². The predicted octanol–water partition coefficient (Wildman–Crippen LogP) is 3.54. The minimum atomic E-state index is -4.39. The Kier molecular flexibility index (Phi) is 5.91. The molecule has 2 N–H and O–H groups in total. The Labute approximate surface area is 183 Å². The molecule has 0 bridgehead atoms. The first-order valence-corrected chi connectivity index (χ1v) is 10.3. The predicted molar refractivity (Wildman–Crippen MR) is 113 cm³/mol. The smallest absolute Gasteiger partial charge is 0.366 e. The number of carbonyl (C=O) groups is 1. The van der Waals surface area contributed by atoms with Crippen LogP contribution in [0.15, 0.2) is 36.7 Å². The van der Waals surface area contributed by atoms with Crippen LogP contribution in [-0.2, 0) is 11.3 Å². The van der Waals surface area contributed by atoms with Gasteiger partial charge in [0.25, 0.3) is 5.91 Å². The molecule has 1 saturated heterocycles. The van der Waals surface area contributed by atoms with E-state index in [4.69, 9.17) is 10.5 Å². The van der Waals surface area contributed by atoms with Crippen LogP contribution in [0.5, 0.6) is 0 Å². The third-order valence-electron chi connectivity index (χ3n) is 5.49. The number of rotatable bonds is 5. The number of nitrogens with two attached hydrogens (primary N) is 1. The molecule has 10 heteroatoms. The second kappa shape index (κ2) is 8.51. The van der Waals surface area contributed by atoms with E-state index in [0.717, 1.165) is 22.1 Å². The monoisotopic (exact) mass is 447 g/mol. The Hall–Kier alpha value is -2.98. The average molecular weight is 447 g/mol. The summed E-state index contributed by atoms with van der Waals surface area (Å²) in [4.78, 5) is 18.0. The maximum Gasteiger partial charge on any atom is 0.415 e. The van der Waals surface area contributed by atoms with E-state index in [1.807, 2.05) is 36.9 Å². The van der Waals surface area contributed by atoms with E-state index < -0.39 is 18.2 Å². The second-order valence-electron chi connectivity index (χ2n) is 8.21. The topological polar surface area (TPSA) is 86.3 Å². The van der Waals surface area contributed by atoms with Crippen LogP contribution in [0.2, 0.25) is 0 Å². The SMILES string of the molecule is CC(C)n1cc(-c2cc(C(N)=O)nc3cc(CN4CCOC(C(F)(F)F)C4)ccc23)cn1. The summed E-state index contributed by atoms with van der Waals surface area (Å²) in [6, 6.07) is 7.33. The number of alkyl halides is 3. The number of nitrogens with zero attached hydrogens (tertiary/aromatic N) is 4. The third-order valence-corrected chi connectivity index (χ3v) is 5.49. The van der Waals surface area contributed by atoms with Crippen molar-refractivity contribution in [1.82, 2.24) is 19.7 Å². The van der Waals surface area contributed by atoms with Crippen molar-refractivity contribution in [2.24, 2.45) is 5.73 Å². The Morgan fingerprint density at radius 2 is 2.09 bits per heavy atom. The van der Waals surface area contributed by atoms with Crippen LogP contribution in [0, 0.1) is 0 Å². The van der Waals surface area contributed by atoms with Crippen LogP contribution in [0.1, 0.15) is 35.9 Å². The van der Waals surface area contributed by atoms with Crippen LogP contribution >= 0.6 is 0 Å². The molecule has 3 aromatic rings. The van der Waals surface area contributed by atoms with Crippen molar-refractivity contribution < 1.29 is 22.7 Å². The molecule has 170 valence electrons. The first-order valence-electron chi connectivity index (χ1n) is 10.3. The standard InChI is InChI=1S/C22H24F3N5O2/c1-13(2)30-11-15(9-27-30)17-8-19(21(26)31)28-18-7-14(3-4-16(17)18)10-29-5-6-32-20(12-29)22(23,24)25/h3-4,7-9,11,13,20H,5-6,10,12H2,1-2H3,(H2,26,31). The van der Waals surface area contributed by atoms with Crippen molar-refractivity contribution >= 4 is 16.8 Å². The summed E-state index contributed by atoms with van der Waals surface area (Å²) < 4.78 is 45.8. The molecule has 0 saturated carbocycles. The second-order valence-corrected chi connectivity index (χ2v) is 8.21. The van der Waals surface area contributed by atoms with E-state index in [-0.39, 0.29) is 24.9 Å². The zero-order valence-corrected chi connectivity index (χ0v) is 17.8. The minimum absolute atomic E-state index is 0.0197. The number of ether oxygens (including phenoxy) is 1. The van der Waals surface area contributed by atoms with E-state index in [1.165, 1.54) is 0 Å². The van der Waals surface area contributed by atoms with Crippen molar-refractivity contribution in [3.8, 4) is 11.1 Å². The summed E-state index contributed by atoms with van der Waals surface area (Å²) in [5.41, 5.74) is 8.54. The molecule has 32 heavy (non-hydrogen) atoms. The van der Waals surface area contributed by atoms with E-state index in [1.54, 1.807) is 23.2 Å². The molecular weight excluding hydrogens is 423 g/mol. The number of fused-ring (bicyclic) bond motifs is 1. The third kappa shape index (κ3) is 4.61. The highest BCUT2D eigenvalue weighted by molar-refractivity contribution is 6.00. The number of aromatic nitrogens is 3. The lowest BCUT2D eigenvalue weighted by Crippen LogP contribution is -2.48. The summed E-state index contributed by atoms with van der Waals surface area (Å²) in [5, 5.41) is 5.17. The molecule has 0 spiro atoms. The molecule has 4 rings (SSSR count). The number of halogens is 3. The van der Waals surface area contributed by atoms with E-state index in [0.29, 0.717) is 18.6 Å². The lowest BCUT2D eigenvalue weighted by molar-refractivity contribution is -0.237. The van der Waals surface area contributed by atoms with Gasteiger partial charge in [-0.05, 0) is 37.1 Å². The highest BCUT2D eigenvalue weighted by Crippen LogP contribution is 2.31. The van der Waals surface area contributed by atoms with Crippen LogP contribution in [-0.4, -0.2) is 57.5 Å². The highest BCUT2D eigenvalue weighted by atomic mass is 19.4. The van der Waals surface area contributed by atoms with Crippen LogP contribution in [0.25, 0.3) is 22.0 Å². The molecule has 1 aliphatic heterocycles. The van der Waals surface area contributed by atoms with Gasteiger partial charge in [0, 0.05) is 42.8 Å². The van der Waals surface area contributed by atoms with Gasteiger partial charge in [-0.25, -0.2) is 4.98 Å². The molecule has 1 aliphatic rings. The van der Waals surface area contributed by atoms with Gasteiger partial charge in [0.15, 0.2) is 6.10 Å². The van der Waals surface area contributed by atoms with Crippen molar-refractivity contribution in [2.45, 2.75) is 38.7 Å². The lowest BCUT2D eigenvalue weighted by atomic mass is 10.0. The molecule has 1 atom stereocenters. The maximum absolute atomic E-state index is 13.0. The molecule has 7 nitrogen and oxygen atoms in total. The summed E-state index contributed by atoms with van der Waals surface area (Å²) in [6.07, 6.45) is -2.57. The largest absolute Gasteiger partial charge is 0.415 e. The molecule has 1 fully saturated rings. The number of carbonyl (C=O) groups excluding carboxylic acids is 1. The first kappa shape index (κ1) is 22.2.